The van der Waals surface area contributed by atoms with Crippen LogP contribution in [0.25, 0.3) is 0 Å². The first kappa shape index (κ1) is 4.01. The van der Waals surface area contributed by atoms with Gasteiger partial charge >= 0.3 is 7.80 Å². The molecule has 2 heteroatoms. The SMILES string of the molecule is O=[P+]1C=CCC1. The van der Waals surface area contributed by atoms with Crippen LogP contribution >= 0.6 is 7.80 Å². The van der Waals surface area contributed by atoms with Crippen LogP contribution in [0.2, 0.25) is 0 Å². The summed E-state index contributed by atoms with van der Waals surface area (Å²) in [6, 6.07) is 0. The van der Waals surface area contributed by atoms with Gasteiger partial charge in [-0.25, -0.2) is 0 Å². The van der Waals surface area contributed by atoms with Gasteiger partial charge in [0.05, 0.1) is 0 Å². The molecule has 0 bridgehead atoms. The van der Waals surface area contributed by atoms with E-state index < -0.39 is 7.80 Å². The van der Waals surface area contributed by atoms with E-state index in [0.29, 0.717) is 0 Å². The second-order valence-electron chi connectivity index (χ2n) is 1.31. The first-order valence-electron chi connectivity index (χ1n) is 2.00. The van der Waals surface area contributed by atoms with E-state index in [1.165, 1.54) is 0 Å². The van der Waals surface area contributed by atoms with Crippen molar-refractivity contribution in [2.75, 3.05) is 6.16 Å². The molecule has 1 aliphatic heterocycles. The van der Waals surface area contributed by atoms with Gasteiger partial charge in [0.25, 0.3) is 0 Å². The minimum absolute atomic E-state index is 0.884. The zero-order valence-corrected chi connectivity index (χ0v) is 4.32. The molecule has 0 aromatic rings. The largest absolute Gasteiger partial charge is 0.369 e. The van der Waals surface area contributed by atoms with Crippen molar-refractivity contribution in [3.8, 4) is 0 Å². The molecule has 1 aliphatic rings. The summed E-state index contributed by atoms with van der Waals surface area (Å²) in [6.07, 6.45) is 3.88. The van der Waals surface area contributed by atoms with Crippen LogP contribution < -0.4 is 0 Å². The van der Waals surface area contributed by atoms with E-state index in [4.69, 9.17) is 0 Å². The van der Waals surface area contributed by atoms with Gasteiger partial charge in [-0.2, -0.15) is 0 Å². The van der Waals surface area contributed by atoms with Gasteiger partial charge in [0, 0.05) is 6.42 Å². The van der Waals surface area contributed by atoms with Gasteiger partial charge in [-0.05, 0) is 6.08 Å². The Kier molecular flexibility index (Phi) is 1.02. The minimum Gasteiger partial charge on any atom is -0.0688 e. The van der Waals surface area contributed by atoms with Crippen molar-refractivity contribution in [2.24, 2.45) is 0 Å². The summed E-state index contributed by atoms with van der Waals surface area (Å²) in [6.45, 7) is 0. The molecule has 0 aromatic heterocycles. The Morgan fingerprint density at radius 2 is 2.50 bits per heavy atom. The highest BCUT2D eigenvalue weighted by Crippen LogP contribution is 2.28. The van der Waals surface area contributed by atoms with Crippen LogP contribution in [0, 0.1) is 0 Å². The average molecular weight is 101 g/mol. The second kappa shape index (κ2) is 1.53. The molecule has 0 fully saturated rings. The highest BCUT2D eigenvalue weighted by Gasteiger charge is 2.13. The molecule has 0 saturated carbocycles. The van der Waals surface area contributed by atoms with Crippen molar-refractivity contribution in [3.63, 3.8) is 0 Å². The molecule has 0 aliphatic carbocycles. The Hall–Kier alpha value is -0.160. The van der Waals surface area contributed by atoms with Crippen LogP contribution in [0.5, 0.6) is 0 Å². The molecule has 0 radical (unpaired) electrons. The zero-order chi connectivity index (χ0) is 4.41. The number of hydrogen-bond donors (Lipinski definition) is 0. The van der Waals surface area contributed by atoms with Crippen LogP contribution in [-0.4, -0.2) is 6.16 Å². The molecule has 1 heterocycles. The first-order valence-corrected chi connectivity index (χ1v) is 3.51. The molecule has 1 atom stereocenters. The molecule has 1 rings (SSSR count). The van der Waals surface area contributed by atoms with Crippen LogP contribution in [0.1, 0.15) is 6.42 Å². The van der Waals surface area contributed by atoms with Crippen molar-refractivity contribution >= 4 is 7.80 Å². The lowest BCUT2D eigenvalue weighted by atomic mass is 10.5. The van der Waals surface area contributed by atoms with E-state index in [2.05, 4.69) is 0 Å². The normalized spacial score (nSPS) is 25.7. The average Bonchev–Trinajstić information content (AvgIpc) is 1.86. The van der Waals surface area contributed by atoms with Crippen molar-refractivity contribution in [1.29, 1.82) is 0 Å². The number of rotatable bonds is 0. The molecule has 0 amide bonds. The first-order chi connectivity index (χ1) is 2.89. The topological polar surface area (TPSA) is 17.1 Å². The van der Waals surface area contributed by atoms with E-state index in [1.54, 1.807) is 5.82 Å². The molecule has 6 heavy (non-hydrogen) atoms. The molecule has 1 unspecified atom stereocenters. The second-order valence-corrected chi connectivity index (χ2v) is 2.89. The molecule has 32 valence electrons. The summed E-state index contributed by atoms with van der Waals surface area (Å²) < 4.78 is 10.3. The maximum Gasteiger partial charge on any atom is 0.369 e. The standard InChI is InChI=1S/C4H6OP/c5-6-3-1-2-4-6/h1,3H,2,4H2/q+1. The molecule has 1 nitrogen and oxygen atoms in total. The summed E-state index contributed by atoms with van der Waals surface area (Å²) >= 11 is 0. The Balaban J connectivity index is 2.59. The fourth-order valence-corrected chi connectivity index (χ4v) is 1.41. The van der Waals surface area contributed by atoms with E-state index in [-0.39, 0.29) is 0 Å². The predicted octanol–water partition coefficient (Wildman–Crippen LogP) is 1.73. The third-order valence-electron chi connectivity index (χ3n) is 0.788. The van der Waals surface area contributed by atoms with Gasteiger partial charge in [-0.15, -0.1) is 0 Å². The third kappa shape index (κ3) is 0.662. The Morgan fingerprint density at radius 3 is 2.67 bits per heavy atom. The summed E-state index contributed by atoms with van der Waals surface area (Å²) in [4.78, 5) is 0. The molecule has 0 saturated heterocycles. The molecule has 0 N–H and O–H groups in total. The van der Waals surface area contributed by atoms with Crippen LogP contribution in [0.4, 0.5) is 0 Å². The van der Waals surface area contributed by atoms with Crippen LogP contribution in [0.3, 0.4) is 0 Å². The van der Waals surface area contributed by atoms with E-state index in [0.717, 1.165) is 12.6 Å². The monoisotopic (exact) mass is 101 g/mol. The van der Waals surface area contributed by atoms with Crippen molar-refractivity contribution < 1.29 is 4.57 Å². The van der Waals surface area contributed by atoms with Gasteiger partial charge in [-0.3, -0.25) is 0 Å². The fraction of sp³-hybridized carbons (Fsp3) is 0.500. The maximum absolute atomic E-state index is 10.3. The molecular formula is C4H6OP+. The van der Waals surface area contributed by atoms with Crippen LogP contribution in [-0.2, 0) is 4.57 Å². The van der Waals surface area contributed by atoms with Gasteiger partial charge < -0.3 is 0 Å². The highest BCUT2D eigenvalue weighted by molar-refractivity contribution is 7.48. The van der Waals surface area contributed by atoms with Gasteiger partial charge in [-0.1, -0.05) is 4.57 Å². The number of allylic oxidation sites excluding steroid dienone is 1. The third-order valence-corrected chi connectivity index (χ3v) is 2.03. The van der Waals surface area contributed by atoms with Crippen molar-refractivity contribution in [1.82, 2.24) is 0 Å². The maximum atomic E-state index is 10.3. The lowest BCUT2D eigenvalue weighted by molar-refractivity contribution is 0.594. The van der Waals surface area contributed by atoms with E-state index in [9.17, 15) is 4.57 Å². The smallest absolute Gasteiger partial charge is 0.0688 e. The van der Waals surface area contributed by atoms with Crippen LogP contribution in [0.15, 0.2) is 11.9 Å². The lowest BCUT2D eigenvalue weighted by Gasteiger charge is -1.57. The van der Waals surface area contributed by atoms with Gasteiger partial charge in [0.1, 0.15) is 0 Å². The summed E-state index contributed by atoms with van der Waals surface area (Å²) in [5, 5.41) is 0. The Bertz CT molecular complexity index is 95.7. The summed E-state index contributed by atoms with van der Waals surface area (Å²) in [5.41, 5.74) is 0. The fourth-order valence-electron chi connectivity index (χ4n) is 0.468. The van der Waals surface area contributed by atoms with E-state index >= 15 is 0 Å². The molecule has 0 aromatic carbocycles. The minimum atomic E-state index is -0.896. The number of hydrogen-bond acceptors (Lipinski definition) is 1. The molecule has 0 spiro atoms. The van der Waals surface area contributed by atoms with Crippen molar-refractivity contribution in [3.05, 3.63) is 11.9 Å². The van der Waals surface area contributed by atoms with Gasteiger partial charge in [0.15, 0.2) is 12.0 Å². The molecular weight excluding hydrogens is 95.0 g/mol. The Morgan fingerprint density at radius 1 is 1.67 bits per heavy atom. The quantitative estimate of drug-likeness (QED) is 0.424. The predicted molar refractivity (Wildman–Crippen MR) is 26.2 cm³/mol. The highest BCUT2D eigenvalue weighted by atomic mass is 31.1. The lowest BCUT2D eigenvalue weighted by Crippen LogP contribution is -1.57. The Labute approximate surface area is 37.8 Å². The van der Waals surface area contributed by atoms with Gasteiger partial charge in [0.2, 0.25) is 0 Å². The summed E-state index contributed by atoms with van der Waals surface area (Å²) in [7, 11) is -0.896. The van der Waals surface area contributed by atoms with E-state index in [1.807, 2.05) is 6.08 Å². The summed E-state index contributed by atoms with van der Waals surface area (Å²) in [5.74, 6) is 1.79. The van der Waals surface area contributed by atoms with Crippen molar-refractivity contribution in [2.45, 2.75) is 6.42 Å². The zero-order valence-electron chi connectivity index (χ0n) is 3.42.